The van der Waals surface area contributed by atoms with Crippen molar-refractivity contribution in [2.45, 2.75) is 52.4 Å². The third-order valence-corrected chi connectivity index (χ3v) is 9.93. The van der Waals surface area contributed by atoms with Crippen LogP contribution in [0.25, 0.3) is 0 Å². The maximum Gasteiger partial charge on any atom is 0.173 e. The molecule has 2 fully saturated rings. The number of ketones is 2. The van der Waals surface area contributed by atoms with Crippen LogP contribution in [0.3, 0.4) is 0 Å². The molecule has 5 nitrogen and oxygen atoms in total. The summed E-state index contributed by atoms with van der Waals surface area (Å²) in [6.45, 7) is 8.85. The molecule has 0 aromatic carbocycles. The van der Waals surface area contributed by atoms with Gasteiger partial charge in [-0.15, -0.1) is 0 Å². The minimum absolute atomic E-state index is 0.0525. The Hall–Kier alpha value is -2.53. The van der Waals surface area contributed by atoms with Crippen LogP contribution < -0.4 is 4.90 Å². The number of carbonyl (C=O) groups is 2. The zero-order chi connectivity index (χ0) is 24.2. The molecular formula is C30H37N3O2. The number of rotatable bonds is 4. The summed E-state index contributed by atoms with van der Waals surface area (Å²) in [6, 6.07) is 6.04. The van der Waals surface area contributed by atoms with E-state index in [9.17, 15) is 9.59 Å². The number of hydrogen-bond donors (Lipinski definition) is 0. The maximum absolute atomic E-state index is 13.6. The number of allylic oxidation sites excluding steroid dienone is 5. The highest BCUT2D eigenvalue weighted by Crippen LogP contribution is 2.63. The first-order valence-corrected chi connectivity index (χ1v) is 13.4. The van der Waals surface area contributed by atoms with Gasteiger partial charge in [0.25, 0.3) is 0 Å². The van der Waals surface area contributed by atoms with Gasteiger partial charge in [0, 0.05) is 49.6 Å². The van der Waals surface area contributed by atoms with Crippen molar-refractivity contribution in [3.63, 3.8) is 0 Å². The molecule has 184 valence electrons. The lowest BCUT2D eigenvalue weighted by Crippen LogP contribution is -2.49. The maximum atomic E-state index is 13.6. The summed E-state index contributed by atoms with van der Waals surface area (Å²) in [4.78, 5) is 34.8. The normalized spacial score (nSPS) is 34.9. The van der Waals surface area contributed by atoms with Crippen molar-refractivity contribution >= 4 is 17.4 Å². The fourth-order valence-corrected chi connectivity index (χ4v) is 7.83. The van der Waals surface area contributed by atoms with Gasteiger partial charge in [0.1, 0.15) is 5.82 Å². The summed E-state index contributed by atoms with van der Waals surface area (Å²) in [5.41, 5.74) is 4.00. The summed E-state index contributed by atoms with van der Waals surface area (Å²) in [7, 11) is 0. The Balaban J connectivity index is 1.14. The minimum Gasteiger partial charge on any atom is -0.354 e. The van der Waals surface area contributed by atoms with Gasteiger partial charge in [-0.1, -0.05) is 43.2 Å². The van der Waals surface area contributed by atoms with Crippen molar-refractivity contribution in [1.29, 1.82) is 0 Å². The third kappa shape index (κ3) is 3.74. The smallest absolute Gasteiger partial charge is 0.173 e. The summed E-state index contributed by atoms with van der Waals surface area (Å²) in [5.74, 6) is 2.70. The van der Waals surface area contributed by atoms with Crippen LogP contribution in [0.5, 0.6) is 0 Å². The highest BCUT2D eigenvalue weighted by molar-refractivity contribution is 5.99. The molecule has 0 bridgehead atoms. The first-order valence-electron chi connectivity index (χ1n) is 13.4. The molecule has 1 aromatic rings. The number of carbonyl (C=O) groups excluding carboxylic acids is 2. The van der Waals surface area contributed by atoms with Crippen molar-refractivity contribution in [3.05, 3.63) is 59.3 Å². The van der Waals surface area contributed by atoms with E-state index < -0.39 is 0 Å². The van der Waals surface area contributed by atoms with E-state index in [1.54, 1.807) is 5.57 Å². The van der Waals surface area contributed by atoms with Gasteiger partial charge in [-0.3, -0.25) is 14.5 Å². The van der Waals surface area contributed by atoms with Crippen molar-refractivity contribution in [3.8, 4) is 0 Å². The Morgan fingerprint density at radius 3 is 2.71 bits per heavy atom. The monoisotopic (exact) mass is 471 g/mol. The Bertz CT molecular complexity index is 1130. The Kier molecular flexibility index (Phi) is 5.59. The summed E-state index contributed by atoms with van der Waals surface area (Å²) >= 11 is 0. The van der Waals surface area contributed by atoms with Crippen LogP contribution in [0.1, 0.15) is 52.4 Å². The number of anilines is 1. The fraction of sp³-hybridized carbons (Fsp3) is 0.567. The van der Waals surface area contributed by atoms with Crippen molar-refractivity contribution in [2.24, 2.45) is 22.7 Å². The second-order valence-corrected chi connectivity index (χ2v) is 11.7. The predicted molar refractivity (Wildman–Crippen MR) is 138 cm³/mol. The molecule has 0 spiro atoms. The standard InChI is InChI=1S/C30H37N3O2/c1-29-12-10-22(34)19-21(29)6-7-23-24-8-9-26(30(24,2)13-11-25(23)29)27(35)20-32-15-17-33(18-16-32)28-5-3-4-14-31-28/h3-5,9,11,14,19,23-24H,6-8,10,12-13,15-18,20H2,1-2H3/t23-,24-,29-,30-/m0/s1. The zero-order valence-corrected chi connectivity index (χ0v) is 21.1. The van der Waals surface area contributed by atoms with E-state index in [2.05, 4.69) is 46.8 Å². The Labute approximate surface area is 209 Å². The molecule has 1 saturated heterocycles. The topological polar surface area (TPSA) is 53.5 Å². The van der Waals surface area contributed by atoms with E-state index in [4.69, 9.17) is 0 Å². The average Bonchev–Trinajstić information content (AvgIpc) is 3.23. The van der Waals surface area contributed by atoms with E-state index >= 15 is 0 Å². The van der Waals surface area contributed by atoms with Gasteiger partial charge in [-0.25, -0.2) is 4.98 Å². The van der Waals surface area contributed by atoms with Gasteiger partial charge in [-0.2, -0.15) is 0 Å². The van der Waals surface area contributed by atoms with Crippen molar-refractivity contribution < 1.29 is 9.59 Å². The molecule has 1 aromatic heterocycles. The molecule has 0 radical (unpaired) electrons. The molecule has 2 heterocycles. The summed E-state index contributed by atoms with van der Waals surface area (Å²) in [5, 5.41) is 0. The number of Topliss-reactive ketones (excluding diaryl/α,β-unsaturated/α-hetero) is 1. The zero-order valence-electron chi connectivity index (χ0n) is 21.1. The van der Waals surface area contributed by atoms with E-state index in [1.165, 1.54) is 5.57 Å². The molecule has 1 saturated carbocycles. The Morgan fingerprint density at radius 2 is 1.94 bits per heavy atom. The van der Waals surface area contributed by atoms with E-state index in [0.29, 0.717) is 36.4 Å². The summed E-state index contributed by atoms with van der Waals surface area (Å²) < 4.78 is 0. The van der Waals surface area contributed by atoms with Crippen LogP contribution in [0.2, 0.25) is 0 Å². The fourth-order valence-electron chi connectivity index (χ4n) is 7.83. The van der Waals surface area contributed by atoms with Gasteiger partial charge in [0.2, 0.25) is 0 Å². The minimum atomic E-state index is -0.0525. The van der Waals surface area contributed by atoms with Crippen LogP contribution in [-0.4, -0.2) is 54.2 Å². The predicted octanol–water partition coefficient (Wildman–Crippen LogP) is 4.76. The molecule has 0 amide bonds. The van der Waals surface area contributed by atoms with Crippen molar-refractivity contribution in [2.75, 3.05) is 37.6 Å². The van der Waals surface area contributed by atoms with Gasteiger partial charge in [-0.05, 0) is 67.7 Å². The number of hydrogen-bond acceptors (Lipinski definition) is 5. The number of nitrogens with zero attached hydrogens (tertiary/aromatic N) is 3. The highest BCUT2D eigenvalue weighted by Gasteiger charge is 2.54. The van der Waals surface area contributed by atoms with Crippen LogP contribution in [0.15, 0.2) is 59.3 Å². The molecule has 0 unspecified atom stereocenters. The van der Waals surface area contributed by atoms with Crippen LogP contribution in [0.4, 0.5) is 5.82 Å². The largest absolute Gasteiger partial charge is 0.354 e. The third-order valence-electron chi connectivity index (χ3n) is 9.93. The van der Waals surface area contributed by atoms with Gasteiger partial charge >= 0.3 is 0 Å². The lowest BCUT2D eigenvalue weighted by molar-refractivity contribution is -0.118. The van der Waals surface area contributed by atoms with Gasteiger partial charge in [0.15, 0.2) is 11.6 Å². The van der Waals surface area contributed by atoms with Gasteiger partial charge < -0.3 is 4.90 Å². The SMILES string of the molecule is C[C@]12CCC(=O)C=C1CC[C@@H]1C2=CC[C@]2(C)C(C(=O)CN3CCN(c4ccccn4)CC3)=CC[C@@H]12. The number of piperazine rings is 1. The molecule has 4 aliphatic carbocycles. The molecule has 5 heteroatoms. The highest BCUT2D eigenvalue weighted by atomic mass is 16.1. The Morgan fingerprint density at radius 1 is 1.11 bits per heavy atom. The van der Waals surface area contributed by atoms with E-state index in [1.807, 2.05) is 24.4 Å². The number of pyridine rings is 1. The molecule has 1 aliphatic heterocycles. The van der Waals surface area contributed by atoms with Crippen LogP contribution in [-0.2, 0) is 9.59 Å². The lowest BCUT2D eigenvalue weighted by atomic mass is 9.51. The first kappa shape index (κ1) is 22.9. The molecule has 4 atom stereocenters. The summed E-state index contributed by atoms with van der Waals surface area (Å²) in [6.07, 6.45) is 14.3. The van der Waals surface area contributed by atoms with Crippen molar-refractivity contribution in [1.82, 2.24) is 9.88 Å². The molecule has 6 rings (SSSR count). The molecule has 35 heavy (non-hydrogen) atoms. The first-order chi connectivity index (χ1) is 16.9. The van der Waals surface area contributed by atoms with Crippen LogP contribution >= 0.6 is 0 Å². The quantitative estimate of drug-likeness (QED) is 0.593. The lowest BCUT2D eigenvalue weighted by Gasteiger charge is -2.53. The van der Waals surface area contributed by atoms with E-state index in [0.717, 1.165) is 69.7 Å². The van der Waals surface area contributed by atoms with Crippen LogP contribution in [0, 0.1) is 22.7 Å². The second-order valence-electron chi connectivity index (χ2n) is 11.7. The van der Waals surface area contributed by atoms with E-state index in [-0.39, 0.29) is 10.8 Å². The molecule has 0 N–H and O–H groups in total. The number of fused-ring (bicyclic) bond motifs is 5. The average molecular weight is 472 g/mol. The molecule has 5 aliphatic rings. The molecular weight excluding hydrogens is 434 g/mol. The van der Waals surface area contributed by atoms with Gasteiger partial charge in [0.05, 0.1) is 6.54 Å². The number of aromatic nitrogens is 1. The second kappa shape index (κ2) is 8.55.